The van der Waals surface area contributed by atoms with Gasteiger partial charge in [-0.3, -0.25) is 9.48 Å². The molecule has 1 aromatic carbocycles. The SMILES string of the molecule is Cc1cc(CCC(=O)NS(=O)(=O)C(F)(F)F)nn1Cc1cc(Br)ccc1OCC(C)C. The second-order valence-electron chi connectivity index (χ2n) is 7.37. The van der Waals surface area contributed by atoms with Crippen molar-refractivity contribution in [1.29, 1.82) is 0 Å². The monoisotopic (exact) mass is 525 g/mol. The number of carbonyl (C=O) groups is 1. The largest absolute Gasteiger partial charge is 0.516 e. The summed E-state index contributed by atoms with van der Waals surface area (Å²) in [5, 5.41) is 4.38. The molecule has 12 heteroatoms. The average molecular weight is 526 g/mol. The van der Waals surface area contributed by atoms with E-state index in [4.69, 9.17) is 4.74 Å². The number of nitrogens with one attached hydrogen (secondary N) is 1. The van der Waals surface area contributed by atoms with Crippen LogP contribution in [0.4, 0.5) is 13.2 Å². The van der Waals surface area contributed by atoms with Gasteiger partial charge >= 0.3 is 15.5 Å². The molecule has 0 radical (unpaired) electrons. The van der Waals surface area contributed by atoms with Crippen molar-refractivity contribution in [3.8, 4) is 5.75 Å². The van der Waals surface area contributed by atoms with E-state index in [9.17, 15) is 26.4 Å². The van der Waals surface area contributed by atoms with Crippen molar-refractivity contribution in [2.75, 3.05) is 6.61 Å². The number of hydrogen-bond donors (Lipinski definition) is 1. The molecule has 1 heterocycles. The van der Waals surface area contributed by atoms with Crippen molar-refractivity contribution < 1.29 is 31.1 Å². The normalized spacial score (nSPS) is 12.3. The van der Waals surface area contributed by atoms with Gasteiger partial charge in [0.1, 0.15) is 5.75 Å². The molecule has 1 N–H and O–H groups in total. The third-order valence-electron chi connectivity index (χ3n) is 4.11. The molecule has 1 amide bonds. The minimum Gasteiger partial charge on any atom is -0.493 e. The van der Waals surface area contributed by atoms with Crippen molar-refractivity contribution in [3.05, 3.63) is 45.7 Å². The second-order valence-corrected chi connectivity index (χ2v) is 9.96. The number of benzene rings is 1. The van der Waals surface area contributed by atoms with Gasteiger partial charge in [0.15, 0.2) is 0 Å². The molecule has 2 rings (SSSR count). The van der Waals surface area contributed by atoms with Gasteiger partial charge in [0.05, 0.1) is 18.8 Å². The molecule has 2 aromatic rings. The van der Waals surface area contributed by atoms with Gasteiger partial charge in [-0.1, -0.05) is 29.8 Å². The lowest BCUT2D eigenvalue weighted by Crippen LogP contribution is -2.40. The Labute approximate surface area is 187 Å². The molecule has 0 saturated carbocycles. The van der Waals surface area contributed by atoms with Gasteiger partial charge in [0, 0.05) is 28.6 Å². The molecule has 0 atom stereocenters. The van der Waals surface area contributed by atoms with Crippen molar-refractivity contribution in [1.82, 2.24) is 14.5 Å². The molecule has 0 saturated heterocycles. The highest BCUT2D eigenvalue weighted by Gasteiger charge is 2.46. The molecular formula is C19H23BrF3N3O4S. The highest BCUT2D eigenvalue weighted by atomic mass is 79.9. The number of sulfonamides is 1. The summed E-state index contributed by atoms with van der Waals surface area (Å²) >= 11 is 3.43. The molecule has 0 fully saturated rings. The standard InChI is InChI=1S/C19H23BrF3N3O4S/c1-12(2)11-30-17-6-4-15(20)9-14(17)10-26-13(3)8-16(24-26)5-7-18(27)25-31(28,29)19(21,22)23/h4,6,8-9,12H,5,7,10-11H2,1-3H3,(H,25,27). The van der Waals surface area contributed by atoms with Crippen LogP contribution in [0.5, 0.6) is 5.75 Å². The molecule has 0 aliphatic rings. The van der Waals surface area contributed by atoms with E-state index in [2.05, 4.69) is 21.0 Å². The predicted octanol–water partition coefficient (Wildman–Crippen LogP) is 3.94. The van der Waals surface area contributed by atoms with Crippen molar-refractivity contribution >= 4 is 31.9 Å². The fourth-order valence-electron chi connectivity index (χ4n) is 2.59. The third kappa shape index (κ3) is 7.23. The lowest BCUT2D eigenvalue weighted by molar-refractivity contribution is -0.120. The number of rotatable bonds is 9. The maximum atomic E-state index is 12.3. The Morgan fingerprint density at radius 1 is 1.29 bits per heavy atom. The number of aryl methyl sites for hydroxylation is 2. The summed E-state index contributed by atoms with van der Waals surface area (Å²) in [6.45, 7) is 6.82. The zero-order chi connectivity index (χ0) is 23.4. The first-order chi connectivity index (χ1) is 14.3. The molecule has 0 unspecified atom stereocenters. The number of amides is 1. The maximum absolute atomic E-state index is 12.3. The molecule has 7 nitrogen and oxygen atoms in total. The van der Waals surface area contributed by atoms with Crippen LogP contribution in [0, 0.1) is 12.8 Å². The van der Waals surface area contributed by atoms with E-state index < -0.39 is 27.9 Å². The van der Waals surface area contributed by atoms with Gasteiger partial charge in [-0.2, -0.15) is 26.7 Å². The molecule has 0 aliphatic heterocycles. The Hall–Kier alpha value is -2.08. The Kier molecular flexibility index (Phi) is 8.15. The Morgan fingerprint density at radius 2 is 1.97 bits per heavy atom. The van der Waals surface area contributed by atoms with Gasteiger partial charge in [-0.15, -0.1) is 0 Å². The molecule has 0 bridgehead atoms. The van der Waals surface area contributed by atoms with Crippen LogP contribution in [0.2, 0.25) is 0 Å². The summed E-state index contributed by atoms with van der Waals surface area (Å²) in [5.74, 6) is -0.187. The van der Waals surface area contributed by atoms with Crippen molar-refractivity contribution in [2.24, 2.45) is 5.92 Å². The summed E-state index contributed by atoms with van der Waals surface area (Å²) in [6, 6.07) is 7.32. The number of hydrogen-bond acceptors (Lipinski definition) is 5. The Balaban J connectivity index is 2.07. The summed E-state index contributed by atoms with van der Waals surface area (Å²) in [7, 11) is -5.71. The third-order valence-corrected chi connectivity index (χ3v) is 5.71. The van der Waals surface area contributed by atoms with E-state index in [1.54, 1.807) is 17.7 Å². The topological polar surface area (TPSA) is 90.3 Å². The fraction of sp³-hybridized carbons (Fsp3) is 0.474. The van der Waals surface area contributed by atoms with Crippen LogP contribution >= 0.6 is 15.9 Å². The van der Waals surface area contributed by atoms with Crippen LogP contribution in [-0.4, -0.2) is 36.2 Å². The van der Waals surface area contributed by atoms with E-state index in [1.165, 1.54) is 0 Å². The maximum Gasteiger partial charge on any atom is 0.516 e. The van der Waals surface area contributed by atoms with Gasteiger partial charge in [-0.05, 0) is 37.1 Å². The first-order valence-electron chi connectivity index (χ1n) is 9.35. The van der Waals surface area contributed by atoms with E-state index >= 15 is 0 Å². The van der Waals surface area contributed by atoms with Crippen LogP contribution in [0.15, 0.2) is 28.7 Å². The first-order valence-corrected chi connectivity index (χ1v) is 11.6. The molecule has 31 heavy (non-hydrogen) atoms. The smallest absolute Gasteiger partial charge is 0.493 e. The summed E-state index contributed by atoms with van der Waals surface area (Å²) < 4.78 is 68.5. The minimum absolute atomic E-state index is 0.0117. The Morgan fingerprint density at radius 3 is 2.58 bits per heavy atom. The van der Waals surface area contributed by atoms with E-state index in [0.717, 1.165) is 20.5 Å². The Bertz CT molecular complexity index is 1040. The molecular weight excluding hydrogens is 503 g/mol. The quantitative estimate of drug-likeness (QED) is 0.535. The lowest BCUT2D eigenvalue weighted by atomic mass is 10.2. The highest BCUT2D eigenvalue weighted by molar-refractivity contribution is 9.10. The predicted molar refractivity (Wildman–Crippen MR) is 112 cm³/mol. The molecule has 0 aliphatic carbocycles. The number of carbonyl (C=O) groups excluding carboxylic acids is 1. The van der Waals surface area contributed by atoms with Gasteiger partial charge in [0.25, 0.3) is 0 Å². The van der Waals surface area contributed by atoms with Gasteiger partial charge in [-0.25, -0.2) is 4.72 Å². The number of nitrogens with zero attached hydrogens (tertiary/aromatic N) is 2. The molecule has 1 aromatic heterocycles. The molecule has 0 spiro atoms. The van der Waals surface area contributed by atoms with Gasteiger partial charge in [0.2, 0.25) is 5.91 Å². The molecule has 172 valence electrons. The van der Waals surface area contributed by atoms with Crippen LogP contribution < -0.4 is 9.46 Å². The van der Waals surface area contributed by atoms with Crippen molar-refractivity contribution in [2.45, 2.75) is 45.7 Å². The minimum atomic E-state index is -5.71. The van der Waals surface area contributed by atoms with Gasteiger partial charge < -0.3 is 4.74 Å². The summed E-state index contributed by atoms with van der Waals surface area (Å²) in [6.07, 6.45) is -0.465. The van der Waals surface area contributed by atoms with E-state index in [-0.39, 0.29) is 6.42 Å². The second kappa shape index (κ2) is 10.0. The zero-order valence-electron chi connectivity index (χ0n) is 17.2. The van der Waals surface area contributed by atoms with Crippen LogP contribution in [-0.2, 0) is 27.8 Å². The number of aromatic nitrogens is 2. The van der Waals surface area contributed by atoms with Crippen LogP contribution in [0.1, 0.15) is 37.2 Å². The van der Waals surface area contributed by atoms with Crippen molar-refractivity contribution in [3.63, 3.8) is 0 Å². The summed E-state index contributed by atoms with van der Waals surface area (Å²) in [5.41, 5.74) is -3.44. The number of halogens is 4. The van der Waals surface area contributed by atoms with Crippen LogP contribution in [0.3, 0.4) is 0 Å². The van der Waals surface area contributed by atoms with Crippen LogP contribution in [0.25, 0.3) is 0 Å². The number of alkyl halides is 3. The first kappa shape index (κ1) is 25.2. The fourth-order valence-corrected chi connectivity index (χ4v) is 3.52. The average Bonchev–Trinajstić information content (AvgIpc) is 2.97. The lowest BCUT2D eigenvalue weighted by Gasteiger charge is -2.14. The highest BCUT2D eigenvalue weighted by Crippen LogP contribution is 2.25. The summed E-state index contributed by atoms with van der Waals surface area (Å²) in [4.78, 5) is 11.6. The van der Waals surface area contributed by atoms with E-state index in [0.29, 0.717) is 30.5 Å². The zero-order valence-corrected chi connectivity index (χ0v) is 19.6. The van der Waals surface area contributed by atoms with E-state index in [1.807, 2.05) is 32.0 Å². The number of ether oxygens (including phenoxy) is 1.